The predicted octanol–water partition coefficient (Wildman–Crippen LogP) is 4.09. The van der Waals surface area contributed by atoms with Crippen LogP contribution in [0, 0.1) is 12.7 Å². The Morgan fingerprint density at radius 2 is 1.73 bits per heavy atom. The van der Waals surface area contributed by atoms with Crippen LogP contribution in [0.3, 0.4) is 0 Å². The molecule has 3 rings (SSSR count). The van der Waals surface area contributed by atoms with Gasteiger partial charge in [0.1, 0.15) is 17.3 Å². The minimum absolute atomic E-state index is 0.0689. The Bertz CT molecular complexity index is 1230. The van der Waals surface area contributed by atoms with E-state index in [1.807, 2.05) is 6.92 Å². The van der Waals surface area contributed by atoms with Gasteiger partial charge in [0.25, 0.3) is 15.9 Å². The SMILES string of the molecule is COc1ccc(C(=O)N(C)CCOc2ccccc2F)cc1S(=O)(=O)Nc1ccc(C)cc1. The molecule has 0 bridgehead atoms. The third-order valence-corrected chi connectivity index (χ3v) is 6.27. The van der Waals surface area contributed by atoms with E-state index in [4.69, 9.17) is 9.47 Å². The van der Waals surface area contributed by atoms with Crippen LogP contribution >= 0.6 is 0 Å². The molecule has 0 spiro atoms. The Morgan fingerprint density at radius 1 is 1.03 bits per heavy atom. The Balaban J connectivity index is 1.75. The molecule has 0 aliphatic heterocycles. The highest BCUT2D eigenvalue weighted by Gasteiger charge is 2.23. The van der Waals surface area contributed by atoms with E-state index in [0.717, 1.165) is 5.56 Å². The van der Waals surface area contributed by atoms with E-state index in [2.05, 4.69) is 4.72 Å². The summed E-state index contributed by atoms with van der Waals surface area (Å²) in [5, 5.41) is 0. The van der Waals surface area contributed by atoms with Gasteiger partial charge >= 0.3 is 0 Å². The number of ether oxygens (including phenoxy) is 2. The van der Waals surface area contributed by atoms with Crippen LogP contribution in [0.4, 0.5) is 10.1 Å². The molecule has 9 heteroatoms. The molecule has 7 nitrogen and oxygen atoms in total. The molecule has 174 valence electrons. The first-order valence-electron chi connectivity index (χ1n) is 10.1. The summed E-state index contributed by atoms with van der Waals surface area (Å²) in [6.07, 6.45) is 0. The fourth-order valence-corrected chi connectivity index (χ4v) is 4.28. The van der Waals surface area contributed by atoms with Gasteiger partial charge in [0, 0.05) is 18.3 Å². The summed E-state index contributed by atoms with van der Waals surface area (Å²) in [7, 11) is -1.11. The number of likely N-dealkylation sites (N-methyl/N-ethyl adjacent to an activating group) is 1. The second-order valence-corrected chi connectivity index (χ2v) is 8.99. The van der Waals surface area contributed by atoms with Crippen molar-refractivity contribution in [1.82, 2.24) is 4.90 Å². The summed E-state index contributed by atoms with van der Waals surface area (Å²) >= 11 is 0. The molecule has 0 saturated heterocycles. The molecule has 0 fully saturated rings. The maximum atomic E-state index is 13.7. The number of nitrogens with zero attached hydrogens (tertiary/aromatic N) is 1. The number of aryl methyl sites for hydroxylation is 1. The van der Waals surface area contributed by atoms with Crippen molar-refractivity contribution < 1.29 is 27.1 Å². The highest BCUT2D eigenvalue weighted by Crippen LogP contribution is 2.27. The monoisotopic (exact) mass is 472 g/mol. The number of benzene rings is 3. The van der Waals surface area contributed by atoms with Crippen molar-refractivity contribution in [2.45, 2.75) is 11.8 Å². The van der Waals surface area contributed by atoms with Gasteiger partial charge in [-0.05, 0) is 49.4 Å². The Hall–Kier alpha value is -3.59. The fourth-order valence-electron chi connectivity index (χ4n) is 3.03. The van der Waals surface area contributed by atoms with Crippen LogP contribution in [-0.4, -0.2) is 46.5 Å². The first-order valence-corrected chi connectivity index (χ1v) is 11.6. The first kappa shape index (κ1) is 24.1. The molecule has 0 aliphatic carbocycles. The van der Waals surface area contributed by atoms with Gasteiger partial charge in [-0.2, -0.15) is 0 Å². The number of halogens is 1. The maximum Gasteiger partial charge on any atom is 0.265 e. The van der Waals surface area contributed by atoms with Crippen molar-refractivity contribution in [2.24, 2.45) is 0 Å². The molecular formula is C24H25FN2O5S. The molecule has 0 radical (unpaired) electrons. The number of hydrogen-bond donors (Lipinski definition) is 1. The van der Waals surface area contributed by atoms with Gasteiger partial charge in [0.15, 0.2) is 11.6 Å². The molecule has 0 atom stereocenters. The average Bonchev–Trinajstić information content (AvgIpc) is 2.80. The number of rotatable bonds is 9. The Labute approximate surface area is 192 Å². The standard InChI is InChI=1S/C24H25FN2O5S/c1-17-8-11-19(12-9-17)26-33(29,30)23-16-18(10-13-22(23)31-3)24(28)27(2)14-15-32-21-7-5-4-6-20(21)25/h4-13,16,26H,14-15H2,1-3H3. The Kier molecular flexibility index (Phi) is 7.55. The summed E-state index contributed by atoms with van der Waals surface area (Å²) in [5.74, 6) is -0.700. The summed E-state index contributed by atoms with van der Waals surface area (Å²) in [6, 6.07) is 17.0. The van der Waals surface area contributed by atoms with Gasteiger partial charge in [-0.15, -0.1) is 0 Å². The van der Waals surface area contributed by atoms with Crippen molar-refractivity contribution in [3.8, 4) is 11.5 Å². The van der Waals surface area contributed by atoms with Crippen LogP contribution in [0.5, 0.6) is 11.5 Å². The minimum Gasteiger partial charge on any atom is -0.495 e. The minimum atomic E-state index is -4.02. The molecule has 0 aromatic heterocycles. The second-order valence-electron chi connectivity index (χ2n) is 7.34. The number of amides is 1. The van der Waals surface area contributed by atoms with E-state index >= 15 is 0 Å². The number of anilines is 1. The van der Waals surface area contributed by atoms with E-state index in [1.54, 1.807) is 43.4 Å². The topological polar surface area (TPSA) is 84.9 Å². The molecule has 33 heavy (non-hydrogen) atoms. The lowest BCUT2D eigenvalue weighted by Crippen LogP contribution is -2.31. The summed E-state index contributed by atoms with van der Waals surface area (Å²) in [6.45, 7) is 2.14. The van der Waals surface area contributed by atoms with Crippen molar-refractivity contribution in [1.29, 1.82) is 0 Å². The number of hydrogen-bond acceptors (Lipinski definition) is 5. The van der Waals surface area contributed by atoms with Crippen molar-refractivity contribution in [2.75, 3.05) is 32.0 Å². The highest BCUT2D eigenvalue weighted by molar-refractivity contribution is 7.92. The quantitative estimate of drug-likeness (QED) is 0.507. The van der Waals surface area contributed by atoms with Crippen LogP contribution in [0.1, 0.15) is 15.9 Å². The average molecular weight is 473 g/mol. The second kappa shape index (κ2) is 10.4. The van der Waals surface area contributed by atoms with Gasteiger partial charge in [0.2, 0.25) is 0 Å². The smallest absolute Gasteiger partial charge is 0.265 e. The lowest BCUT2D eigenvalue weighted by atomic mass is 10.2. The molecule has 0 unspecified atom stereocenters. The zero-order chi connectivity index (χ0) is 24.0. The molecule has 3 aromatic carbocycles. The summed E-state index contributed by atoms with van der Waals surface area (Å²) in [4.78, 5) is 14.1. The van der Waals surface area contributed by atoms with E-state index in [1.165, 1.54) is 42.3 Å². The van der Waals surface area contributed by atoms with E-state index in [0.29, 0.717) is 5.69 Å². The van der Waals surface area contributed by atoms with Crippen LogP contribution < -0.4 is 14.2 Å². The number of carbonyl (C=O) groups excluding carboxylic acids is 1. The van der Waals surface area contributed by atoms with Gasteiger partial charge < -0.3 is 14.4 Å². The number of sulfonamides is 1. The molecule has 0 heterocycles. The van der Waals surface area contributed by atoms with Gasteiger partial charge in [-0.25, -0.2) is 12.8 Å². The van der Waals surface area contributed by atoms with Gasteiger partial charge in [0.05, 0.1) is 13.7 Å². The maximum absolute atomic E-state index is 13.7. The first-order chi connectivity index (χ1) is 15.7. The lowest BCUT2D eigenvalue weighted by Gasteiger charge is -2.19. The van der Waals surface area contributed by atoms with Crippen LogP contribution in [0.2, 0.25) is 0 Å². The normalized spacial score (nSPS) is 11.0. The Morgan fingerprint density at radius 3 is 2.39 bits per heavy atom. The number of carbonyl (C=O) groups is 1. The van der Waals surface area contributed by atoms with Gasteiger partial charge in [-0.1, -0.05) is 29.8 Å². The number of nitrogens with one attached hydrogen (secondary N) is 1. The molecule has 1 amide bonds. The number of para-hydroxylation sites is 1. The molecule has 0 aliphatic rings. The van der Waals surface area contributed by atoms with Gasteiger partial charge in [-0.3, -0.25) is 9.52 Å². The highest BCUT2D eigenvalue weighted by atomic mass is 32.2. The fraction of sp³-hybridized carbons (Fsp3) is 0.208. The lowest BCUT2D eigenvalue weighted by molar-refractivity contribution is 0.0772. The van der Waals surface area contributed by atoms with E-state index < -0.39 is 21.7 Å². The van der Waals surface area contributed by atoms with Crippen LogP contribution in [0.15, 0.2) is 71.6 Å². The summed E-state index contributed by atoms with van der Waals surface area (Å²) in [5.41, 5.74) is 1.54. The number of methoxy groups -OCH3 is 1. The van der Waals surface area contributed by atoms with Crippen molar-refractivity contribution in [3.63, 3.8) is 0 Å². The summed E-state index contributed by atoms with van der Waals surface area (Å²) < 4.78 is 52.8. The molecule has 1 N–H and O–H groups in total. The third-order valence-electron chi connectivity index (χ3n) is 4.87. The zero-order valence-corrected chi connectivity index (χ0v) is 19.4. The van der Waals surface area contributed by atoms with Crippen molar-refractivity contribution >= 4 is 21.6 Å². The van der Waals surface area contributed by atoms with Crippen LogP contribution in [-0.2, 0) is 10.0 Å². The predicted molar refractivity (Wildman–Crippen MR) is 124 cm³/mol. The molecular weight excluding hydrogens is 447 g/mol. The largest absolute Gasteiger partial charge is 0.495 e. The molecule has 0 saturated carbocycles. The van der Waals surface area contributed by atoms with Crippen molar-refractivity contribution in [3.05, 3.63) is 83.7 Å². The zero-order valence-electron chi connectivity index (χ0n) is 18.5. The van der Waals surface area contributed by atoms with E-state index in [-0.39, 0.29) is 35.1 Å². The van der Waals surface area contributed by atoms with E-state index in [9.17, 15) is 17.6 Å². The van der Waals surface area contributed by atoms with Crippen LogP contribution in [0.25, 0.3) is 0 Å². The molecule has 3 aromatic rings. The third kappa shape index (κ3) is 6.01.